The molecular formula is C24H24FN3O2. The van der Waals surface area contributed by atoms with Gasteiger partial charge in [0.05, 0.1) is 0 Å². The van der Waals surface area contributed by atoms with Crippen molar-refractivity contribution in [1.29, 1.82) is 0 Å². The number of fused-ring (bicyclic) bond motifs is 1. The number of nitrogens with one attached hydrogen (secondary N) is 1. The molecule has 1 fully saturated rings. The van der Waals surface area contributed by atoms with Gasteiger partial charge in [0.1, 0.15) is 5.82 Å². The van der Waals surface area contributed by atoms with Crippen LogP contribution in [0.25, 0.3) is 10.8 Å². The van der Waals surface area contributed by atoms with Crippen LogP contribution in [0.15, 0.2) is 66.7 Å². The van der Waals surface area contributed by atoms with E-state index in [9.17, 15) is 14.0 Å². The largest absolute Gasteiger partial charge is 0.368 e. The number of anilines is 1. The number of benzene rings is 3. The van der Waals surface area contributed by atoms with Crippen LogP contribution in [0.4, 0.5) is 10.1 Å². The van der Waals surface area contributed by atoms with E-state index < -0.39 is 0 Å². The van der Waals surface area contributed by atoms with Crippen LogP contribution >= 0.6 is 0 Å². The Kier molecular flexibility index (Phi) is 5.93. The Morgan fingerprint density at radius 1 is 0.867 bits per heavy atom. The van der Waals surface area contributed by atoms with Crippen LogP contribution in [0.3, 0.4) is 0 Å². The van der Waals surface area contributed by atoms with Crippen LogP contribution in [-0.2, 0) is 4.79 Å². The van der Waals surface area contributed by atoms with E-state index in [1.807, 2.05) is 41.3 Å². The highest BCUT2D eigenvalue weighted by atomic mass is 19.1. The number of amides is 2. The molecular weight excluding hydrogens is 381 g/mol. The van der Waals surface area contributed by atoms with Crippen molar-refractivity contribution in [3.8, 4) is 0 Å². The molecule has 6 heteroatoms. The minimum absolute atomic E-state index is 0.0342. The van der Waals surface area contributed by atoms with E-state index >= 15 is 0 Å². The second kappa shape index (κ2) is 8.95. The molecule has 154 valence electrons. The van der Waals surface area contributed by atoms with Gasteiger partial charge in [-0.15, -0.1) is 0 Å². The molecule has 1 aliphatic heterocycles. The quantitative estimate of drug-likeness (QED) is 0.708. The maximum atomic E-state index is 13.1. The number of hydrogen-bond acceptors (Lipinski definition) is 3. The second-order valence-corrected chi connectivity index (χ2v) is 7.38. The summed E-state index contributed by atoms with van der Waals surface area (Å²) in [7, 11) is 0. The van der Waals surface area contributed by atoms with E-state index in [1.165, 1.54) is 12.1 Å². The summed E-state index contributed by atoms with van der Waals surface area (Å²) in [6.45, 7) is 2.96. The smallest absolute Gasteiger partial charge is 0.251 e. The van der Waals surface area contributed by atoms with E-state index in [-0.39, 0.29) is 24.1 Å². The topological polar surface area (TPSA) is 52.7 Å². The number of carbonyl (C=O) groups is 2. The van der Waals surface area contributed by atoms with Crippen molar-refractivity contribution in [2.24, 2.45) is 0 Å². The molecule has 4 rings (SSSR count). The standard InChI is InChI=1S/C24H24FN3O2/c25-19-8-10-20(11-9-19)27-14-16-28(17-15-27)23(29)12-13-26-24(30)22-7-3-5-18-4-1-2-6-21(18)22/h1-11H,12-17H2,(H,26,30). The van der Waals surface area contributed by atoms with Gasteiger partial charge in [-0.2, -0.15) is 0 Å². The molecule has 0 unspecified atom stereocenters. The van der Waals surface area contributed by atoms with E-state index in [4.69, 9.17) is 0 Å². The van der Waals surface area contributed by atoms with Crippen molar-refractivity contribution in [2.75, 3.05) is 37.6 Å². The van der Waals surface area contributed by atoms with Crippen LogP contribution in [0.2, 0.25) is 0 Å². The zero-order chi connectivity index (χ0) is 20.9. The Morgan fingerprint density at radius 3 is 2.33 bits per heavy atom. The fourth-order valence-electron chi connectivity index (χ4n) is 3.83. The summed E-state index contributed by atoms with van der Waals surface area (Å²) in [5, 5.41) is 4.79. The van der Waals surface area contributed by atoms with Crippen molar-refractivity contribution in [2.45, 2.75) is 6.42 Å². The molecule has 30 heavy (non-hydrogen) atoms. The summed E-state index contributed by atoms with van der Waals surface area (Å²) in [5.74, 6) is -0.384. The maximum absolute atomic E-state index is 13.1. The Balaban J connectivity index is 1.26. The third-order valence-electron chi connectivity index (χ3n) is 5.48. The highest BCUT2D eigenvalue weighted by Crippen LogP contribution is 2.19. The van der Waals surface area contributed by atoms with Gasteiger partial charge in [0, 0.05) is 50.4 Å². The Hall–Kier alpha value is -3.41. The molecule has 0 aromatic heterocycles. The number of nitrogens with zero attached hydrogens (tertiary/aromatic N) is 2. The minimum atomic E-state index is -0.252. The lowest BCUT2D eigenvalue weighted by Gasteiger charge is -2.36. The maximum Gasteiger partial charge on any atom is 0.251 e. The Bertz CT molecular complexity index is 1040. The van der Waals surface area contributed by atoms with Crippen molar-refractivity contribution < 1.29 is 14.0 Å². The predicted octanol–water partition coefficient (Wildman–Crippen LogP) is 3.45. The summed E-state index contributed by atoms with van der Waals surface area (Å²) in [6.07, 6.45) is 0.271. The number of halogens is 1. The molecule has 0 bridgehead atoms. The van der Waals surface area contributed by atoms with E-state index in [0.29, 0.717) is 38.3 Å². The summed E-state index contributed by atoms with van der Waals surface area (Å²) in [6, 6.07) is 19.8. The molecule has 3 aromatic carbocycles. The number of hydrogen-bond donors (Lipinski definition) is 1. The molecule has 0 radical (unpaired) electrons. The lowest BCUT2D eigenvalue weighted by atomic mass is 10.0. The van der Waals surface area contributed by atoms with Crippen LogP contribution in [-0.4, -0.2) is 49.4 Å². The number of piperazine rings is 1. The Morgan fingerprint density at radius 2 is 1.57 bits per heavy atom. The van der Waals surface area contributed by atoms with Gasteiger partial charge in [-0.05, 0) is 41.1 Å². The highest BCUT2D eigenvalue weighted by molar-refractivity contribution is 6.07. The first-order valence-electron chi connectivity index (χ1n) is 10.2. The fraction of sp³-hybridized carbons (Fsp3) is 0.250. The lowest BCUT2D eigenvalue weighted by Crippen LogP contribution is -2.49. The van der Waals surface area contributed by atoms with Gasteiger partial charge < -0.3 is 15.1 Å². The third kappa shape index (κ3) is 4.43. The molecule has 0 saturated carbocycles. The SMILES string of the molecule is O=C(NCCC(=O)N1CCN(c2ccc(F)cc2)CC1)c1cccc2ccccc12. The van der Waals surface area contributed by atoms with Crippen LogP contribution in [0.5, 0.6) is 0 Å². The first-order chi connectivity index (χ1) is 14.6. The average molecular weight is 405 g/mol. The van der Waals surface area contributed by atoms with Crippen LogP contribution < -0.4 is 10.2 Å². The van der Waals surface area contributed by atoms with Crippen molar-refractivity contribution in [3.05, 3.63) is 78.1 Å². The summed E-state index contributed by atoms with van der Waals surface area (Å²) < 4.78 is 13.1. The lowest BCUT2D eigenvalue weighted by molar-refractivity contribution is -0.131. The molecule has 3 aromatic rings. The van der Waals surface area contributed by atoms with Gasteiger partial charge in [-0.25, -0.2) is 4.39 Å². The fourth-order valence-corrected chi connectivity index (χ4v) is 3.83. The van der Waals surface area contributed by atoms with Gasteiger partial charge in [0.15, 0.2) is 0 Å². The molecule has 5 nitrogen and oxygen atoms in total. The van der Waals surface area contributed by atoms with Gasteiger partial charge >= 0.3 is 0 Å². The molecule has 0 spiro atoms. The van der Waals surface area contributed by atoms with E-state index in [2.05, 4.69) is 10.2 Å². The van der Waals surface area contributed by atoms with Crippen molar-refractivity contribution >= 4 is 28.3 Å². The van der Waals surface area contributed by atoms with Crippen LogP contribution in [0, 0.1) is 5.82 Å². The molecule has 1 N–H and O–H groups in total. The van der Waals surface area contributed by atoms with Crippen LogP contribution in [0.1, 0.15) is 16.8 Å². The normalized spacial score (nSPS) is 14.0. The minimum Gasteiger partial charge on any atom is -0.368 e. The summed E-state index contributed by atoms with van der Waals surface area (Å²) in [5.41, 5.74) is 1.58. The molecule has 2 amide bonds. The van der Waals surface area contributed by atoms with Gasteiger partial charge in [0.25, 0.3) is 5.91 Å². The molecule has 1 heterocycles. The average Bonchev–Trinajstić information content (AvgIpc) is 2.79. The zero-order valence-corrected chi connectivity index (χ0v) is 16.7. The van der Waals surface area contributed by atoms with Gasteiger partial charge in [0.2, 0.25) is 5.91 Å². The van der Waals surface area contributed by atoms with Crippen molar-refractivity contribution in [3.63, 3.8) is 0 Å². The predicted molar refractivity (Wildman–Crippen MR) is 116 cm³/mol. The summed E-state index contributed by atoms with van der Waals surface area (Å²) >= 11 is 0. The third-order valence-corrected chi connectivity index (χ3v) is 5.48. The molecule has 1 aliphatic rings. The zero-order valence-electron chi connectivity index (χ0n) is 16.7. The van der Waals surface area contributed by atoms with Gasteiger partial charge in [-0.1, -0.05) is 36.4 Å². The first kappa shape index (κ1) is 19.9. The van der Waals surface area contributed by atoms with Gasteiger partial charge in [-0.3, -0.25) is 9.59 Å². The highest BCUT2D eigenvalue weighted by Gasteiger charge is 2.21. The Labute approximate surface area is 175 Å². The van der Waals surface area contributed by atoms with E-state index in [1.54, 1.807) is 18.2 Å². The monoisotopic (exact) mass is 405 g/mol. The number of carbonyl (C=O) groups excluding carboxylic acids is 2. The van der Waals surface area contributed by atoms with Crippen molar-refractivity contribution in [1.82, 2.24) is 10.2 Å². The molecule has 0 atom stereocenters. The van der Waals surface area contributed by atoms with E-state index in [0.717, 1.165) is 16.5 Å². The number of rotatable bonds is 5. The molecule has 1 saturated heterocycles. The second-order valence-electron chi connectivity index (χ2n) is 7.38. The first-order valence-corrected chi connectivity index (χ1v) is 10.2. The molecule has 0 aliphatic carbocycles. The summed E-state index contributed by atoms with van der Waals surface area (Å²) in [4.78, 5) is 29.1.